The van der Waals surface area contributed by atoms with Crippen LogP contribution in [-0.2, 0) is 14.3 Å². The standard InChI is InChI=1S/C10H22N2O3/c1-11-10(13)4-6-14-8-9-15-7-5-12(2)3/h4-9H2,1-3H3,(H,11,13). The van der Waals surface area contributed by atoms with E-state index < -0.39 is 0 Å². The minimum atomic E-state index is 0.00326. The Labute approximate surface area is 91.7 Å². The summed E-state index contributed by atoms with van der Waals surface area (Å²) in [5.74, 6) is 0.00326. The van der Waals surface area contributed by atoms with Crippen molar-refractivity contribution in [3.63, 3.8) is 0 Å². The lowest BCUT2D eigenvalue weighted by Crippen LogP contribution is -2.21. The average Bonchev–Trinajstić information content (AvgIpc) is 2.21. The van der Waals surface area contributed by atoms with Gasteiger partial charge in [0.05, 0.1) is 26.4 Å². The van der Waals surface area contributed by atoms with Gasteiger partial charge in [0.15, 0.2) is 0 Å². The lowest BCUT2D eigenvalue weighted by atomic mass is 10.4. The maximum absolute atomic E-state index is 10.8. The molecule has 1 amide bonds. The molecule has 0 aromatic rings. The van der Waals surface area contributed by atoms with Gasteiger partial charge in [0.25, 0.3) is 0 Å². The predicted molar refractivity (Wildman–Crippen MR) is 58.9 cm³/mol. The van der Waals surface area contributed by atoms with Gasteiger partial charge in [-0.15, -0.1) is 0 Å². The van der Waals surface area contributed by atoms with Gasteiger partial charge < -0.3 is 19.7 Å². The Bertz CT molecular complexity index is 163. The molecule has 0 saturated heterocycles. The monoisotopic (exact) mass is 218 g/mol. The van der Waals surface area contributed by atoms with Gasteiger partial charge >= 0.3 is 0 Å². The SMILES string of the molecule is CNC(=O)CCOCCOCCN(C)C. The first-order chi connectivity index (χ1) is 7.16. The molecule has 0 aliphatic rings. The van der Waals surface area contributed by atoms with Gasteiger partial charge in [0.1, 0.15) is 0 Å². The molecule has 0 atom stereocenters. The van der Waals surface area contributed by atoms with Gasteiger partial charge in [-0.3, -0.25) is 4.79 Å². The van der Waals surface area contributed by atoms with E-state index >= 15 is 0 Å². The minimum absolute atomic E-state index is 0.00326. The van der Waals surface area contributed by atoms with Crippen LogP contribution in [-0.4, -0.2) is 64.9 Å². The molecule has 0 saturated carbocycles. The van der Waals surface area contributed by atoms with Gasteiger partial charge in [-0.2, -0.15) is 0 Å². The minimum Gasteiger partial charge on any atom is -0.379 e. The van der Waals surface area contributed by atoms with Crippen molar-refractivity contribution < 1.29 is 14.3 Å². The number of carbonyl (C=O) groups excluding carboxylic acids is 1. The van der Waals surface area contributed by atoms with Gasteiger partial charge in [0, 0.05) is 20.0 Å². The smallest absolute Gasteiger partial charge is 0.222 e. The van der Waals surface area contributed by atoms with E-state index in [1.165, 1.54) is 0 Å². The molecular formula is C10H22N2O3. The highest BCUT2D eigenvalue weighted by Gasteiger charge is 1.97. The number of amides is 1. The van der Waals surface area contributed by atoms with Gasteiger partial charge in [-0.05, 0) is 14.1 Å². The van der Waals surface area contributed by atoms with E-state index in [4.69, 9.17) is 9.47 Å². The molecule has 0 fully saturated rings. The van der Waals surface area contributed by atoms with Crippen LogP contribution in [0.25, 0.3) is 0 Å². The number of hydrogen-bond donors (Lipinski definition) is 1. The Hall–Kier alpha value is -0.650. The maximum Gasteiger partial charge on any atom is 0.222 e. The zero-order valence-electron chi connectivity index (χ0n) is 9.91. The number of nitrogens with one attached hydrogen (secondary N) is 1. The highest BCUT2D eigenvalue weighted by molar-refractivity contribution is 5.75. The van der Waals surface area contributed by atoms with Crippen molar-refractivity contribution in [2.24, 2.45) is 0 Å². The Morgan fingerprint density at radius 3 is 2.27 bits per heavy atom. The quantitative estimate of drug-likeness (QED) is 0.541. The summed E-state index contributed by atoms with van der Waals surface area (Å²) in [5.41, 5.74) is 0. The van der Waals surface area contributed by atoms with Crippen LogP contribution in [0.5, 0.6) is 0 Å². The number of ether oxygens (including phenoxy) is 2. The van der Waals surface area contributed by atoms with Gasteiger partial charge in [-0.1, -0.05) is 0 Å². The first-order valence-electron chi connectivity index (χ1n) is 5.17. The Kier molecular flexibility index (Phi) is 9.46. The van der Waals surface area contributed by atoms with Crippen LogP contribution >= 0.6 is 0 Å². The first-order valence-corrected chi connectivity index (χ1v) is 5.17. The molecule has 90 valence electrons. The fourth-order valence-corrected chi connectivity index (χ4v) is 0.859. The summed E-state index contributed by atoms with van der Waals surface area (Å²) >= 11 is 0. The Balaban J connectivity index is 3.02. The van der Waals surface area contributed by atoms with Gasteiger partial charge in [0.2, 0.25) is 5.91 Å². The fourth-order valence-electron chi connectivity index (χ4n) is 0.859. The van der Waals surface area contributed by atoms with Crippen molar-refractivity contribution >= 4 is 5.91 Å². The molecule has 0 radical (unpaired) electrons. The van der Waals surface area contributed by atoms with Crippen LogP contribution in [0.4, 0.5) is 0 Å². The van der Waals surface area contributed by atoms with Gasteiger partial charge in [-0.25, -0.2) is 0 Å². The molecular weight excluding hydrogens is 196 g/mol. The summed E-state index contributed by atoms with van der Waals surface area (Å²) in [6.07, 6.45) is 0.411. The molecule has 5 nitrogen and oxygen atoms in total. The highest BCUT2D eigenvalue weighted by atomic mass is 16.5. The van der Waals surface area contributed by atoms with Crippen molar-refractivity contribution in [3.8, 4) is 0 Å². The molecule has 0 aromatic carbocycles. The second-order valence-corrected chi connectivity index (χ2v) is 3.45. The van der Waals surface area contributed by atoms with Crippen LogP contribution in [0.1, 0.15) is 6.42 Å². The number of nitrogens with zero attached hydrogens (tertiary/aromatic N) is 1. The average molecular weight is 218 g/mol. The first kappa shape index (κ1) is 14.3. The third-order valence-corrected chi connectivity index (χ3v) is 1.81. The van der Waals surface area contributed by atoms with E-state index in [0.717, 1.165) is 6.54 Å². The second kappa shape index (κ2) is 9.89. The van der Waals surface area contributed by atoms with Crippen LogP contribution < -0.4 is 5.32 Å². The lowest BCUT2D eigenvalue weighted by molar-refractivity contribution is -0.121. The molecule has 0 unspecified atom stereocenters. The summed E-state index contributed by atoms with van der Waals surface area (Å²) in [7, 11) is 5.62. The molecule has 0 spiro atoms. The van der Waals surface area contributed by atoms with Crippen molar-refractivity contribution in [2.75, 3.05) is 54.1 Å². The normalized spacial score (nSPS) is 10.7. The van der Waals surface area contributed by atoms with E-state index in [1.807, 2.05) is 14.1 Å². The van der Waals surface area contributed by atoms with Crippen LogP contribution in [0, 0.1) is 0 Å². The van der Waals surface area contributed by atoms with E-state index in [1.54, 1.807) is 7.05 Å². The maximum atomic E-state index is 10.8. The van der Waals surface area contributed by atoms with Crippen molar-refractivity contribution in [2.45, 2.75) is 6.42 Å². The third-order valence-electron chi connectivity index (χ3n) is 1.81. The van der Waals surface area contributed by atoms with E-state index in [2.05, 4.69) is 10.2 Å². The summed E-state index contributed by atoms with van der Waals surface area (Å²) < 4.78 is 10.5. The molecule has 0 rings (SSSR count). The molecule has 0 bridgehead atoms. The molecule has 0 aliphatic carbocycles. The summed E-state index contributed by atoms with van der Waals surface area (Å²) in [6, 6.07) is 0. The molecule has 0 aromatic heterocycles. The van der Waals surface area contributed by atoms with E-state index in [9.17, 15) is 4.79 Å². The van der Waals surface area contributed by atoms with Crippen molar-refractivity contribution in [1.82, 2.24) is 10.2 Å². The number of likely N-dealkylation sites (N-methyl/N-ethyl adjacent to an activating group) is 1. The molecule has 15 heavy (non-hydrogen) atoms. The highest BCUT2D eigenvalue weighted by Crippen LogP contribution is 1.84. The third kappa shape index (κ3) is 11.3. The zero-order valence-corrected chi connectivity index (χ0v) is 9.91. The topological polar surface area (TPSA) is 50.8 Å². The summed E-state index contributed by atoms with van der Waals surface area (Å²) in [6.45, 7) is 3.22. The van der Waals surface area contributed by atoms with Crippen molar-refractivity contribution in [1.29, 1.82) is 0 Å². The number of rotatable bonds is 9. The lowest BCUT2D eigenvalue weighted by Gasteiger charge is -2.09. The number of hydrogen-bond acceptors (Lipinski definition) is 4. The zero-order chi connectivity index (χ0) is 11.5. The van der Waals surface area contributed by atoms with Crippen LogP contribution in [0.3, 0.4) is 0 Å². The Morgan fingerprint density at radius 1 is 1.13 bits per heavy atom. The van der Waals surface area contributed by atoms with Crippen molar-refractivity contribution in [3.05, 3.63) is 0 Å². The van der Waals surface area contributed by atoms with Crippen LogP contribution in [0.2, 0.25) is 0 Å². The molecule has 1 N–H and O–H groups in total. The summed E-state index contributed by atoms with van der Waals surface area (Å²) in [5, 5.41) is 2.53. The Morgan fingerprint density at radius 2 is 1.73 bits per heavy atom. The largest absolute Gasteiger partial charge is 0.379 e. The molecule has 5 heteroatoms. The predicted octanol–water partition coefficient (Wildman–Crippen LogP) is -0.283. The number of carbonyl (C=O) groups is 1. The second-order valence-electron chi connectivity index (χ2n) is 3.45. The molecule has 0 heterocycles. The fraction of sp³-hybridized carbons (Fsp3) is 0.900. The summed E-state index contributed by atoms with van der Waals surface area (Å²) in [4.78, 5) is 12.9. The van der Waals surface area contributed by atoms with E-state index in [-0.39, 0.29) is 5.91 Å². The molecule has 0 aliphatic heterocycles. The van der Waals surface area contributed by atoms with Crippen LogP contribution in [0.15, 0.2) is 0 Å². The van der Waals surface area contributed by atoms with E-state index in [0.29, 0.717) is 32.8 Å².